The summed E-state index contributed by atoms with van der Waals surface area (Å²) in [7, 11) is 2.09. The second kappa shape index (κ2) is 10.5. The first-order chi connectivity index (χ1) is 11.8. The monoisotopic (exact) mass is 531 g/mol. The van der Waals surface area contributed by atoms with E-state index in [1.54, 1.807) is 13.1 Å². The molecule has 0 bridgehead atoms. The van der Waals surface area contributed by atoms with Gasteiger partial charge >= 0.3 is 0 Å². The number of nitrogens with zero attached hydrogens (tertiary/aromatic N) is 3. The van der Waals surface area contributed by atoms with Crippen molar-refractivity contribution in [3.63, 3.8) is 0 Å². The summed E-state index contributed by atoms with van der Waals surface area (Å²) < 4.78 is 29.5. The van der Waals surface area contributed by atoms with Crippen molar-refractivity contribution in [2.75, 3.05) is 27.2 Å². The fourth-order valence-corrected chi connectivity index (χ4v) is 4.80. The number of nitrogens with one attached hydrogen (secondary N) is 2. The third-order valence-corrected chi connectivity index (χ3v) is 6.72. The number of thiophene rings is 1. The van der Waals surface area contributed by atoms with Crippen LogP contribution in [-0.2, 0) is 23.6 Å². The molecule has 0 aromatic carbocycles. The largest absolute Gasteiger partial charge is 0.355 e. The molecule has 0 saturated carbocycles. The van der Waals surface area contributed by atoms with Crippen LogP contribution in [0.4, 0.5) is 0 Å². The lowest BCUT2D eigenvalue weighted by molar-refractivity contribution is 0.462. The Morgan fingerprint density at radius 1 is 1.35 bits per heavy atom. The molecular weight excluding hydrogens is 509 g/mol. The molecular formula is C15H23ClIN5O2S2. The highest BCUT2D eigenvalue weighted by Gasteiger charge is 2.16. The molecule has 0 atom stereocenters. The van der Waals surface area contributed by atoms with Crippen molar-refractivity contribution >= 4 is 62.9 Å². The third kappa shape index (κ3) is 6.41. The second-order valence-corrected chi connectivity index (χ2v) is 9.11. The van der Waals surface area contributed by atoms with Crippen molar-refractivity contribution in [3.8, 4) is 0 Å². The lowest BCUT2D eigenvalue weighted by atomic mass is 10.4. The zero-order valence-corrected chi connectivity index (χ0v) is 19.5. The highest BCUT2D eigenvalue weighted by atomic mass is 127. The SMILES string of the molecule is CN=C(NCCNS(=O)(=O)c1ccc(Cl)s1)N(C)Cc1cccn1C.I. The molecule has 2 N–H and O–H groups in total. The standard InChI is InChI=1S/C15H22ClN5O2S2.HI/c1-17-15(21(3)11-12-5-4-10-20(12)2)18-8-9-19-25(22,23)14-7-6-13(16)24-14;/h4-7,10,19H,8-9,11H2,1-3H3,(H,17,18);1H. The molecule has 0 aliphatic heterocycles. The van der Waals surface area contributed by atoms with Crippen LogP contribution in [0, 0.1) is 0 Å². The van der Waals surface area contributed by atoms with E-state index in [2.05, 4.69) is 15.0 Å². The smallest absolute Gasteiger partial charge is 0.250 e. The molecule has 0 aliphatic carbocycles. The highest BCUT2D eigenvalue weighted by Crippen LogP contribution is 2.25. The molecule has 0 aliphatic rings. The minimum absolute atomic E-state index is 0. The number of halogens is 2. The van der Waals surface area contributed by atoms with E-state index in [4.69, 9.17) is 11.6 Å². The molecule has 2 aromatic rings. The number of aliphatic imine (C=N–C) groups is 1. The van der Waals surface area contributed by atoms with E-state index in [1.165, 1.54) is 6.07 Å². The Morgan fingerprint density at radius 3 is 2.62 bits per heavy atom. The molecule has 7 nitrogen and oxygen atoms in total. The fourth-order valence-electron chi connectivity index (χ4n) is 2.24. The van der Waals surface area contributed by atoms with Gasteiger partial charge in [0.15, 0.2) is 5.96 Å². The van der Waals surface area contributed by atoms with Crippen molar-refractivity contribution in [1.29, 1.82) is 0 Å². The number of guanidine groups is 1. The minimum atomic E-state index is -3.52. The van der Waals surface area contributed by atoms with Gasteiger partial charge in [-0.05, 0) is 24.3 Å². The number of rotatable bonds is 7. The van der Waals surface area contributed by atoms with Gasteiger partial charge in [0, 0.05) is 46.1 Å². The summed E-state index contributed by atoms with van der Waals surface area (Å²) in [5.74, 6) is 0.694. The van der Waals surface area contributed by atoms with Gasteiger partial charge < -0.3 is 14.8 Å². The van der Waals surface area contributed by atoms with Crippen LogP contribution in [-0.4, -0.2) is 51.0 Å². The van der Waals surface area contributed by atoms with Crippen molar-refractivity contribution < 1.29 is 8.42 Å². The van der Waals surface area contributed by atoms with Crippen LogP contribution in [0.15, 0.2) is 39.7 Å². The van der Waals surface area contributed by atoms with Crippen LogP contribution in [0.1, 0.15) is 5.69 Å². The molecule has 0 saturated heterocycles. The van der Waals surface area contributed by atoms with Crippen LogP contribution in [0.5, 0.6) is 0 Å². The van der Waals surface area contributed by atoms with Gasteiger partial charge in [-0.2, -0.15) is 0 Å². The lowest BCUT2D eigenvalue weighted by Crippen LogP contribution is -2.42. The Morgan fingerprint density at radius 2 is 2.08 bits per heavy atom. The Balaban J connectivity index is 0.00000338. The molecule has 2 rings (SSSR count). The maximum Gasteiger partial charge on any atom is 0.250 e. The Labute approximate surface area is 180 Å². The Bertz CT molecular complexity index is 835. The zero-order valence-electron chi connectivity index (χ0n) is 14.8. The second-order valence-electron chi connectivity index (χ2n) is 5.40. The van der Waals surface area contributed by atoms with Crippen molar-refractivity contribution in [2.45, 2.75) is 10.8 Å². The molecule has 11 heteroatoms. The maximum absolute atomic E-state index is 12.1. The summed E-state index contributed by atoms with van der Waals surface area (Å²) in [6, 6.07) is 7.10. The Hall–Kier alpha value is -0.820. The van der Waals surface area contributed by atoms with Gasteiger partial charge in [-0.3, -0.25) is 4.99 Å². The molecule has 0 amide bonds. The molecule has 0 unspecified atom stereocenters. The van der Waals surface area contributed by atoms with E-state index >= 15 is 0 Å². The van der Waals surface area contributed by atoms with Crippen LogP contribution < -0.4 is 10.0 Å². The van der Waals surface area contributed by atoms with Gasteiger partial charge in [-0.1, -0.05) is 11.6 Å². The average Bonchev–Trinajstić information content (AvgIpc) is 3.17. The first-order valence-electron chi connectivity index (χ1n) is 7.60. The van der Waals surface area contributed by atoms with E-state index in [-0.39, 0.29) is 34.7 Å². The Kier molecular flexibility index (Phi) is 9.38. The number of sulfonamides is 1. The van der Waals surface area contributed by atoms with E-state index in [0.717, 1.165) is 17.0 Å². The summed E-state index contributed by atoms with van der Waals surface area (Å²) in [6.45, 7) is 1.36. The topological polar surface area (TPSA) is 78.7 Å². The number of aryl methyl sites for hydroxylation is 1. The molecule has 0 fully saturated rings. The molecule has 146 valence electrons. The van der Waals surface area contributed by atoms with Crippen LogP contribution in [0.2, 0.25) is 4.34 Å². The first kappa shape index (κ1) is 23.2. The van der Waals surface area contributed by atoms with E-state index in [9.17, 15) is 8.42 Å². The van der Waals surface area contributed by atoms with Gasteiger partial charge in [0.1, 0.15) is 4.21 Å². The predicted octanol–water partition coefficient (Wildman–Crippen LogP) is 2.34. The lowest BCUT2D eigenvalue weighted by Gasteiger charge is -2.22. The maximum atomic E-state index is 12.1. The van der Waals surface area contributed by atoms with Gasteiger partial charge in [-0.15, -0.1) is 35.3 Å². The first-order valence-corrected chi connectivity index (χ1v) is 10.3. The summed E-state index contributed by atoms with van der Waals surface area (Å²) in [6.07, 6.45) is 1.99. The number of hydrogen-bond acceptors (Lipinski definition) is 4. The van der Waals surface area contributed by atoms with Crippen molar-refractivity contribution in [1.82, 2.24) is 19.5 Å². The van der Waals surface area contributed by atoms with Crippen molar-refractivity contribution in [3.05, 3.63) is 40.5 Å². The van der Waals surface area contributed by atoms with E-state index in [1.807, 2.05) is 41.9 Å². The van der Waals surface area contributed by atoms with Gasteiger partial charge in [0.25, 0.3) is 0 Å². The summed E-state index contributed by atoms with van der Waals surface area (Å²) in [5.41, 5.74) is 1.15. The summed E-state index contributed by atoms with van der Waals surface area (Å²) >= 11 is 6.82. The third-order valence-electron chi connectivity index (χ3n) is 3.54. The van der Waals surface area contributed by atoms with Crippen LogP contribution in [0.3, 0.4) is 0 Å². The van der Waals surface area contributed by atoms with E-state index in [0.29, 0.717) is 23.4 Å². The number of hydrogen-bond donors (Lipinski definition) is 2. The zero-order chi connectivity index (χ0) is 18.4. The van der Waals surface area contributed by atoms with Gasteiger partial charge in [0.2, 0.25) is 10.0 Å². The summed E-state index contributed by atoms with van der Waals surface area (Å²) in [5, 5.41) is 3.15. The molecule has 2 heterocycles. The van der Waals surface area contributed by atoms with Gasteiger partial charge in [0.05, 0.1) is 10.9 Å². The number of aromatic nitrogens is 1. The predicted molar refractivity (Wildman–Crippen MR) is 118 cm³/mol. The van der Waals surface area contributed by atoms with Crippen molar-refractivity contribution in [2.24, 2.45) is 12.0 Å². The molecule has 0 radical (unpaired) electrons. The molecule has 2 aromatic heterocycles. The van der Waals surface area contributed by atoms with Gasteiger partial charge in [-0.25, -0.2) is 13.1 Å². The average molecular weight is 532 g/mol. The fraction of sp³-hybridized carbons (Fsp3) is 0.400. The van der Waals surface area contributed by atoms with Crippen LogP contribution >= 0.6 is 46.9 Å². The molecule has 26 heavy (non-hydrogen) atoms. The normalized spacial score (nSPS) is 11.9. The minimum Gasteiger partial charge on any atom is -0.355 e. The van der Waals surface area contributed by atoms with E-state index < -0.39 is 10.0 Å². The molecule has 0 spiro atoms. The summed E-state index contributed by atoms with van der Waals surface area (Å²) in [4.78, 5) is 6.20. The quantitative estimate of drug-likeness (QED) is 0.249. The van der Waals surface area contributed by atoms with Crippen LogP contribution in [0.25, 0.3) is 0 Å². The highest BCUT2D eigenvalue weighted by molar-refractivity contribution is 14.0.